The van der Waals surface area contributed by atoms with Crippen LogP contribution in [-0.2, 0) is 0 Å². The molecule has 1 saturated heterocycles. The van der Waals surface area contributed by atoms with Crippen LogP contribution in [0, 0.1) is 0 Å². The Morgan fingerprint density at radius 3 is 2.33 bits per heavy atom. The SMILES string of the molecule is CC.CC.O=c1cc(-c2ccc(Nc3ccc(N4CCCCC4)cc3)c3nccn23)cc[nH]1. The Balaban J connectivity index is 0.000000728. The molecule has 6 heteroatoms. The number of hydrogen-bond acceptors (Lipinski definition) is 4. The molecule has 0 atom stereocenters. The Kier molecular flexibility index (Phi) is 8.70. The predicted octanol–water partition coefficient (Wildman–Crippen LogP) is 6.48. The van der Waals surface area contributed by atoms with Crippen LogP contribution in [-0.4, -0.2) is 27.5 Å². The first-order valence-corrected chi connectivity index (χ1v) is 12.1. The Bertz CT molecular complexity index is 1190. The van der Waals surface area contributed by atoms with Gasteiger partial charge in [0.05, 0.1) is 11.4 Å². The molecule has 4 heterocycles. The minimum atomic E-state index is -0.119. The summed E-state index contributed by atoms with van der Waals surface area (Å²) in [5, 5.41) is 3.48. The lowest BCUT2D eigenvalue weighted by Crippen LogP contribution is -2.29. The maximum atomic E-state index is 11.7. The molecule has 0 aliphatic carbocycles. The fraction of sp³-hybridized carbons (Fsp3) is 0.333. The minimum absolute atomic E-state index is 0.119. The molecule has 0 saturated carbocycles. The number of nitrogens with zero attached hydrogens (tertiary/aromatic N) is 3. The van der Waals surface area contributed by atoms with Gasteiger partial charge in [-0.15, -0.1) is 0 Å². The van der Waals surface area contributed by atoms with E-state index < -0.39 is 0 Å². The highest BCUT2D eigenvalue weighted by Gasteiger charge is 2.12. The largest absolute Gasteiger partial charge is 0.372 e. The highest BCUT2D eigenvalue weighted by atomic mass is 16.1. The number of anilines is 3. The molecule has 0 spiro atoms. The number of benzene rings is 1. The first-order chi connectivity index (χ1) is 16.3. The molecule has 33 heavy (non-hydrogen) atoms. The summed E-state index contributed by atoms with van der Waals surface area (Å²) in [6, 6.07) is 16.1. The van der Waals surface area contributed by atoms with Gasteiger partial charge in [0.25, 0.3) is 0 Å². The van der Waals surface area contributed by atoms with E-state index in [4.69, 9.17) is 0 Å². The molecule has 174 valence electrons. The van der Waals surface area contributed by atoms with E-state index in [-0.39, 0.29) is 5.56 Å². The molecule has 0 amide bonds. The van der Waals surface area contributed by atoms with Crippen LogP contribution in [0.5, 0.6) is 0 Å². The molecule has 3 aromatic heterocycles. The van der Waals surface area contributed by atoms with Gasteiger partial charge in [-0.3, -0.25) is 9.20 Å². The molecule has 2 N–H and O–H groups in total. The molecule has 0 bridgehead atoms. The smallest absolute Gasteiger partial charge is 0.248 e. The predicted molar refractivity (Wildman–Crippen MR) is 140 cm³/mol. The van der Waals surface area contributed by atoms with Gasteiger partial charge in [0.1, 0.15) is 0 Å². The van der Waals surface area contributed by atoms with Crippen LogP contribution in [0.25, 0.3) is 16.9 Å². The normalized spacial score (nSPS) is 12.9. The summed E-state index contributed by atoms with van der Waals surface area (Å²) in [6.07, 6.45) is 9.24. The third-order valence-electron chi connectivity index (χ3n) is 5.49. The third-order valence-corrected chi connectivity index (χ3v) is 5.49. The number of aromatic amines is 1. The van der Waals surface area contributed by atoms with Crippen molar-refractivity contribution in [1.29, 1.82) is 0 Å². The topological polar surface area (TPSA) is 65.4 Å². The van der Waals surface area contributed by atoms with Gasteiger partial charge >= 0.3 is 0 Å². The number of hydrogen-bond donors (Lipinski definition) is 2. The summed E-state index contributed by atoms with van der Waals surface area (Å²) in [7, 11) is 0. The average molecular weight is 446 g/mol. The number of piperidine rings is 1. The molecule has 5 rings (SSSR count). The van der Waals surface area contributed by atoms with Crippen molar-refractivity contribution in [2.24, 2.45) is 0 Å². The van der Waals surface area contributed by atoms with E-state index in [0.29, 0.717) is 0 Å². The van der Waals surface area contributed by atoms with Crippen molar-refractivity contribution in [1.82, 2.24) is 14.4 Å². The molecular formula is C27H35N5O. The number of rotatable bonds is 4. The van der Waals surface area contributed by atoms with Crippen LogP contribution in [0.1, 0.15) is 47.0 Å². The summed E-state index contributed by atoms with van der Waals surface area (Å²) in [5.41, 5.74) is 5.72. The van der Waals surface area contributed by atoms with E-state index >= 15 is 0 Å². The van der Waals surface area contributed by atoms with Gasteiger partial charge in [-0.25, -0.2) is 4.98 Å². The van der Waals surface area contributed by atoms with Crippen molar-refractivity contribution in [3.05, 3.63) is 77.5 Å². The zero-order valence-electron chi connectivity index (χ0n) is 20.1. The standard InChI is InChI=1S/C23H23N5O.2C2H6/c29-22-16-17(10-11-24-22)21-9-8-20(23-25-12-15-28(21)23)26-18-4-6-19(7-5-18)27-13-2-1-3-14-27;2*1-2/h4-12,15-16,26H,1-3,13-14H2,(H,24,29);2*1-2H3. The zero-order chi connectivity index (χ0) is 23.6. The van der Waals surface area contributed by atoms with Crippen molar-refractivity contribution in [3.63, 3.8) is 0 Å². The van der Waals surface area contributed by atoms with Gasteiger partial charge in [0.15, 0.2) is 5.65 Å². The highest BCUT2D eigenvalue weighted by Crippen LogP contribution is 2.28. The second-order valence-electron chi connectivity index (χ2n) is 7.41. The fourth-order valence-corrected chi connectivity index (χ4v) is 4.01. The zero-order valence-corrected chi connectivity index (χ0v) is 20.1. The van der Waals surface area contributed by atoms with Gasteiger partial charge in [-0.2, -0.15) is 0 Å². The van der Waals surface area contributed by atoms with Gasteiger partial charge in [0, 0.05) is 54.7 Å². The van der Waals surface area contributed by atoms with Crippen molar-refractivity contribution in [2.75, 3.05) is 23.3 Å². The van der Waals surface area contributed by atoms with Crippen molar-refractivity contribution in [2.45, 2.75) is 47.0 Å². The molecule has 1 aliphatic rings. The van der Waals surface area contributed by atoms with Gasteiger partial charge in [-0.05, 0) is 61.7 Å². The van der Waals surface area contributed by atoms with Crippen LogP contribution in [0.3, 0.4) is 0 Å². The van der Waals surface area contributed by atoms with Crippen LogP contribution >= 0.6 is 0 Å². The molecule has 4 aromatic rings. The first kappa shape index (κ1) is 24.1. The van der Waals surface area contributed by atoms with Crippen molar-refractivity contribution >= 4 is 22.7 Å². The monoisotopic (exact) mass is 445 g/mol. The van der Waals surface area contributed by atoms with Crippen LogP contribution in [0.4, 0.5) is 17.1 Å². The second-order valence-corrected chi connectivity index (χ2v) is 7.41. The lowest BCUT2D eigenvalue weighted by molar-refractivity contribution is 0.578. The van der Waals surface area contributed by atoms with Crippen LogP contribution in [0.15, 0.2) is 71.9 Å². The average Bonchev–Trinajstić information content (AvgIpc) is 3.38. The van der Waals surface area contributed by atoms with Crippen LogP contribution < -0.4 is 15.8 Å². The molecule has 0 radical (unpaired) electrons. The minimum Gasteiger partial charge on any atom is -0.372 e. The maximum Gasteiger partial charge on any atom is 0.248 e. The van der Waals surface area contributed by atoms with Gasteiger partial charge in [0.2, 0.25) is 5.56 Å². The van der Waals surface area contributed by atoms with E-state index in [9.17, 15) is 4.79 Å². The third kappa shape index (κ3) is 5.64. The summed E-state index contributed by atoms with van der Waals surface area (Å²) in [4.78, 5) is 21.3. The maximum absolute atomic E-state index is 11.7. The summed E-state index contributed by atoms with van der Waals surface area (Å²) >= 11 is 0. The molecule has 6 nitrogen and oxygen atoms in total. The van der Waals surface area contributed by atoms with Gasteiger partial charge < -0.3 is 15.2 Å². The van der Waals surface area contributed by atoms with E-state index in [1.165, 1.54) is 24.9 Å². The molecular weight excluding hydrogens is 410 g/mol. The van der Waals surface area contributed by atoms with E-state index in [1.807, 2.05) is 56.5 Å². The highest BCUT2D eigenvalue weighted by molar-refractivity contribution is 5.78. The Hall–Kier alpha value is -3.54. The number of fused-ring (bicyclic) bond motifs is 1. The quantitative estimate of drug-likeness (QED) is 0.377. The molecule has 1 aliphatic heterocycles. The van der Waals surface area contributed by atoms with Gasteiger partial charge in [-0.1, -0.05) is 27.7 Å². The number of imidazole rings is 1. The summed E-state index contributed by atoms with van der Waals surface area (Å²) in [5.74, 6) is 0. The van der Waals surface area contributed by atoms with Crippen molar-refractivity contribution < 1.29 is 0 Å². The second kappa shape index (κ2) is 11.9. The first-order valence-electron chi connectivity index (χ1n) is 12.1. The lowest BCUT2D eigenvalue weighted by atomic mass is 10.1. The van der Waals surface area contributed by atoms with Crippen LogP contribution in [0.2, 0.25) is 0 Å². The van der Waals surface area contributed by atoms with Crippen molar-refractivity contribution in [3.8, 4) is 11.3 Å². The molecule has 0 unspecified atom stereocenters. The van der Waals surface area contributed by atoms with E-state index in [1.54, 1.807) is 18.5 Å². The Labute approximate surface area is 196 Å². The Morgan fingerprint density at radius 1 is 0.909 bits per heavy atom. The van der Waals surface area contributed by atoms with E-state index in [2.05, 4.69) is 44.5 Å². The lowest BCUT2D eigenvalue weighted by Gasteiger charge is -2.28. The summed E-state index contributed by atoms with van der Waals surface area (Å²) in [6.45, 7) is 10.3. The number of pyridine rings is 2. The number of H-pyrrole nitrogens is 1. The Morgan fingerprint density at radius 2 is 1.64 bits per heavy atom. The summed E-state index contributed by atoms with van der Waals surface area (Å²) < 4.78 is 2.00. The number of nitrogens with one attached hydrogen (secondary N) is 2. The molecule has 1 fully saturated rings. The molecule has 1 aromatic carbocycles. The number of aromatic nitrogens is 3. The van der Waals surface area contributed by atoms with E-state index in [0.717, 1.165) is 41.4 Å². The fourth-order valence-electron chi connectivity index (χ4n) is 4.01.